The van der Waals surface area contributed by atoms with Gasteiger partial charge in [-0.15, -0.1) is 0 Å². The van der Waals surface area contributed by atoms with E-state index in [0.29, 0.717) is 16.1 Å². The molecular formula is C14H15BrFN3. The number of aromatic nitrogens is 2. The highest BCUT2D eigenvalue weighted by Gasteiger charge is 2.13. The Morgan fingerprint density at radius 3 is 2.53 bits per heavy atom. The lowest BCUT2D eigenvalue weighted by molar-refractivity contribution is 0.627. The van der Waals surface area contributed by atoms with E-state index in [1.807, 2.05) is 13.8 Å². The first kappa shape index (κ1) is 13.9. The van der Waals surface area contributed by atoms with E-state index in [9.17, 15) is 4.39 Å². The average molecular weight is 324 g/mol. The molecule has 0 saturated heterocycles. The van der Waals surface area contributed by atoms with Gasteiger partial charge in [-0.2, -0.15) is 0 Å². The summed E-state index contributed by atoms with van der Waals surface area (Å²) in [5, 5.41) is 0. The van der Waals surface area contributed by atoms with Crippen molar-refractivity contribution in [1.82, 2.24) is 9.97 Å². The summed E-state index contributed by atoms with van der Waals surface area (Å²) in [6.45, 7) is 4.04. The van der Waals surface area contributed by atoms with Gasteiger partial charge >= 0.3 is 0 Å². The maximum atomic E-state index is 13.8. The SMILES string of the molecule is CC(C)c1nc(Br)cc(N(C)c2ccccc2F)n1. The Balaban J connectivity index is 2.44. The maximum Gasteiger partial charge on any atom is 0.146 e. The van der Waals surface area contributed by atoms with Gasteiger partial charge in [0.2, 0.25) is 0 Å². The molecule has 0 saturated carbocycles. The van der Waals surface area contributed by atoms with Crippen molar-refractivity contribution in [3.05, 3.63) is 46.6 Å². The molecule has 0 spiro atoms. The molecule has 0 bridgehead atoms. The minimum atomic E-state index is -0.272. The van der Waals surface area contributed by atoms with Crippen LogP contribution in [0.5, 0.6) is 0 Å². The van der Waals surface area contributed by atoms with Gasteiger partial charge in [-0.25, -0.2) is 14.4 Å². The Labute approximate surface area is 120 Å². The second-order valence-corrected chi connectivity index (χ2v) is 5.38. The molecule has 100 valence electrons. The van der Waals surface area contributed by atoms with Crippen LogP contribution in [0, 0.1) is 5.82 Å². The van der Waals surface area contributed by atoms with E-state index in [1.54, 1.807) is 36.2 Å². The van der Waals surface area contributed by atoms with Crippen LogP contribution in [0.25, 0.3) is 0 Å². The summed E-state index contributed by atoms with van der Waals surface area (Å²) < 4.78 is 14.5. The third kappa shape index (κ3) is 3.10. The molecular weight excluding hydrogens is 309 g/mol. The molecule has 0 radical (unpaired) electrons. The summed E-state index contributed by atoms with van der Waals surface area (Å²) in [6.07, 6.45) is 0. The first-order valence-electron chi connectivity index (χ1n) is 6.01. The molecule has 19 heavy (non-hydrogen) atoms. The lowest BCUT2D eigenvalue weighted by Crippen LogP contribution is -2.14. The quantitative estimate of drug-likeness (QED) is 0.790. The maximum absolute atomic E-state index is 13.8. The van der Waals surface area contributed by atoms with Gasteiger partial charge in [0.1, 0.15) is 22.1 Å². The van der Waals surface area contributed by atoms with Crippen LogP contribution < -0.4 is 4.90 Å². The summed E-state index contributed by atoms with van der Waals surface area (Å²) in [6, 6.07) is 8.40. The third-order valence-corrected chi connectivity index (χ3v) is 3.18. The van der Waals surface area contributed by atoms with Gasteiger partial charge in [0.15, 0.2) is 0 Å². The minimum absolute atomic E-state index is 0.213. The summed E-state index contributed by atoms with van der Waals surface area (Å²) in [7, 11) is 1.79. The molecule has 0 unspecified atom stereocenters. The van der Waals surface area contributed by atoms with Crippen LogP contribution in [0.15, 0.2) is 34.9 Å². The predicted molar refractivity (Wildman–Crippen MR) is 78.3 cm³/mol. The number of hydrogen-bond acceptors (Lipinski definition) is 3. The van der Waals surface area contributed by atoms with Crippen molar-refractivity contribution in [1.29, 1.82) is 0 Å². The topological polar surface area (TPSA) is 29.0 Å². The van der Waals surface area contributed by atoms with Crippen LogP contribution in [0.3, 0.4) is 0 Å². The van der Waals surface area contributed by atoms with E-state index in [-0.39, 0.29) is 11.7 Å². The molecule has 0 aliphatic heterocycles. The van der Waals surface area contributed by atoms with Crippen LogP contribution in [0.4, 0.5) is 15.9 Å². The molecule has 1 aromatic carbocycles. The van der Waals surface area contributed by atoms with Gasteiger partial charge in [0.25, 0.3) is 0 Å². The number of halogens is 2. The molecule has 0 N–H and O–H groups in total. The molecule has 0 fully saturated rings. The smallest absolute Gasteiger partial charge is 0.146 e. The summed E-state index contributed by atoms with van der Waals surface area (Å²) in [4.78, 5) is 10.5. The van der Waals surface area contributed by atoms with Crippen molar-refractivity contribution in [2.75, 3.05) is 11.9 Å². The van der Waals surface area contributed by atoms with Crippen molar-refractivity contribution in [2.45, 2.75) is 19.8 Å². The normalized spacial score (nSPS) is 10.8. The van der Waals surface area contributed by atoms with Crippen molar-refractivity contribution in [2.24, 2.45) is 0 Å². The second kappa shape index (κ2) is 5.65. The zero-order valence-corrected chi connectivity index (χ0v) is 12.6. The lowest BCUT2D eigenvalue weighted by atomic mass is 10.2. The molecule has 3 nitrogen and oxygen atoms in total. The van der Waals surface area contributed by atoms with Gasteiger partial charge in [-0.1, -0.05) is 26.0 Å². The zero-order chi connectivity index (χ0) is 14.0. The van der Waals surface area contributed by atoms with Gasteiger partial charge < -0.3 is 4.90 Å². The van der Waals surface area contributed by atoms with E-state index in [2.05, 4.69) is 25.9 Å². The highest BCUT2D eigenvalue weighted by Crippen LogP contribution is 2.27. The van der Waals surface area contributed by atoms with E-state index in [1.165, 1.54) is 6.07 Å². The fourth-order valence-corrected chi connectivity index (χ4v) is 2.09. The van der Waals surface area contributed by atoms with Gasteiger partial charge in [0, 0.05) is 19.0 Å². The fourth-order valence-electron chi connectivity index (χ4n) is 1.70. The Hall–Kier alpha value is -1.49. The highest BCUT2D eigenvalue weighted by atomic mass is 79.9. The number of nitrogens with zero attached hydrogens (tertiary/aromatic N) is 3. The third-order valence-electron chi connectivity index (χ3n) is 2.77. The monoisotopic (exact) mass is 323 g/mol. The van der Waals surface area contributed by atoms with Crippen molar-refractivity contribution in [3.63, 3.8) is 0 Å². The van der Waals surface area contributed by atoms with E-state index < -0.39 is 0 Å². The average Bonchev–Trinajstić information content (AvgIpc) is 2.37. The van der Waals surface area contributed by atoms with Gasteiger partial charge in [-0.3, -0.25) is 0 Å². The molecule has 1 heterocycles. The highest BCUT2D eigenvalue weighted by molar-refractivity contribution is 9.10. The summed E-state index contributed by atoms with van der Waals surface area (Å²) in [5.41, 5.74) is 0.489. The fraction of sp³-hybridized carbons (Fsp3) is 0.286. The first-order chi connectivity index (χ1) is 8.99. The van der Waals surface area contributed by atoms with Crippen LogP contribution >= 0.6 is 15.9 Å². The standard InChI is InChI=1S/C14H15BrFN3/c1-9(2)14-17-12(15)8-13(18-14)19(3)11-7-5-4-6-10(11)16/h4-9H,1-3H3. The van der Waals surface area contributed by atoms with Crippen LogP contribution in [-0.2, 0) is 0 Å². The Morgan fingerprint density at radius 1 is 1.21 bits per heavy atom. The Bertz CT molecular complexity index is 587. The number of benzene rings is 1. The van der Waals surface area contributed by atoms with Crippen molar-refractivity contribution in [3.8, 4) is 0 Å². The number of anilines is 2. The lowest BCUT2D eigenvalue weighted by Gasteiger charge is -2.20. The van der Waals surface area contributed by atoms with Crippen LogP contribution in [-0.4, -0.2) is 17.0 Å². The molecule has 5 heteroatoms. The molecule has 0 aliphatic carbocycles. The molecule has 1 aromatic heterocycles. The van der Waals surface area contributed by atoms with Gasteiger partial charge in [-0.05, 0) is 28.1 Å². The Kier molecular flexibility index (Phi) is 4.14. The second-order valence-electron chi connectivity index (χ2n) is 4.57. The molecule has 0 amide bonds. The predicted octanol–water partition coefficient (Wildman–Crippen LogP) is 4.27. The van der Waals surface area contributed by atoms with E-state index >= 15 is 0 Å². The molecule has 2 aromatic rings. The van der Waals surface area contributed by atoms with Crippen molar-refractivity contribution < 1.29 is 4.39 Å². The molecule has 2 rings (SSSR count). The summed E-state index contributed by atoms with van der Waals surface area (Å²) in [5.74, 6) is 1.33. The Morgan fingerprint density at radius 2 is 1.89 bits per heavy atom. The molecule has 0 atom stereocenters. The minimum Gasteiger partial charge on any atom is -0.327 e. The van der Waals surface area contributed by atoms with Crippen molar-refractivity contribution >= 4 is 27.4 Å². The van der Waals surface area contributed by atoms with Crippen LogP contribution in [0.1, 0.15) is 25.6 Å². The van der Waals surface area contributed by atoms with E-state index in [4.69, 9.17) is 0 Å². The number of hydrogen-bond donors (Lipinski definition) is 0. The van der Waals surface area contributed by atoms with E-state index in [0.717, 1.165) is 5.82 Å². The number of para-hydroxylation sites is 1. The summed E-state index contributed by atoms with van der Waals surface area (Å²) >= 11 is 3.37. The largest absolute Gasteiger partial charge is 0.327 e. The zero-order valence-electron chi connectivity index (χ0n) is 11.1. The molecule has 0 aliphatic rings. The van der Waals surface area contributed by atoms with Crippen LogP contribution in [0.2, 0.25) is 0 Å². The number of rotatable bonds is 3. The first-order valence-corrected chi connectivity index (χ1v) is 6.81. The van der Waals surface area contributed by atoms with Gasteiger partial charge in [0.05, 0.1) is 5.69 Å².